The molecule has 0 aliphatic heterocycles. The van der Waals surface area contributed by atoms with E-state index in [4.69, 9.17) is 10.5 Å². The molecule has 1 rings (SSSR count). The average molecular weight is 188 g/mol. The lowest BCUT2D eigenvalue weighted by molar-refractivity contribution is 1.34. The van der Waals surface area contributed by atoms with E-state index >= 15 is 0 Å². The van der Waals surface area contributed by atoms with Crippen molar-refractivity contribution < 1.29 is 0 Å². The van der Waals surface area contributed by atoms with Gasteiger partial charge >= 0.3 is 0 Å². The summed E-state index contributed by atoms with van der Waals surface area (Å²) in [5.74, 6) is 0.931. The SMILES string of the molecule is CCSc1ccc(C#N)cc1C#N. The summed E-state index contributed by atoms with van der Waals surface area (Å²) in [5.41, 5.74) is 1.13. The molecule has 0 fully saturated rings. The number of nitrogens with zero attached hydrogens (tertiary/aromatic N) is 2. The molecule has 3 heteroatoms. The number of rotatable bonds is 2. The minimum atomic E-state index is 0.539. The van der Waals surface area contributed by atoms with Crippen LogP contribution in [0.15, 0.2) is 23.1 Å². The van der Waals surface area contributed by atoms with Crippen molar-refractivity contribution in [3.8, 4) is 12.1 Å². The van der Waals surface area contributed by atoms with Crippen molar-refractivity contribution in [3.63, 3.8) is 0 Å². The van der Waals surface area contributed by atoms with E-state index in [1.807, 2.05) is 19.1 Å². The first-order valence-electron chi connectivity index (χ1n) is 3.89. The molecule has 0 N–H and O–H groups in total. The van der Waals surface area contributed by atoms with Gasteiger partial charge in [0.05, 0.1) is 17.2 Å². The lowest BCUT2D eigenvalue weighted by atomic mass is 10.1. The lowest BCUT2D eigenvalue weighted by Crippen LogP contribution is -1.83. The molecule has 1 aromatic rings. The standard InChI is InChI=1S/C10H8N2S/c1-2-13-10-4-3-8(6-11)5-9(10)7-12/h3-5H,2H2,1H3. The highest BCUT2D eigenvalue weighted by Crippen LogP contribution is 2.22. The molecule has 0 radical (unpaired) electrons. The van der Waals surface area contributed by atoms with E-state index in [0.29, 0.717) is 11.1 Å². The molecule has 0 saturated carbocycles. The van der Waals surface area contributed by atoms with Crippen LogP contribution in [-0.4, -0.2) is 5.75 Å². The van der Waals surface area contributed by atoms with Crippen molar-refractivity contribution in [2.45, 2.75) is 11.8 Å². The molecule has 0 unspecified atom stereocenters. The van der Waals surface area contributed by atoms with Crippen molar-refractivity contribution in [1.82, 2.24) is 0 Å². The molecule has 0 spiro atoms. The van der Waals surface area contributed by atoms with Crippen LogP contribution in [0.3, 0.4) is 0 Å². The van der Waals surface area contributed by atoms with E-state index in [9.17, 15) is 0 Å². The van der Waals surface area contributed by atoms with E-state index in [-0.39, 0.29) is 0 Å². The van der Waals surface area contributed by atoms with E-state index in [0.717, 1.165) is 10.6 Å². The van der Waals surface area contributed by atoms with Gasteiger partial charge in [0.2, 0.25) is 0 Å². The fourth-order valence-electron chi connectivity index (χ4n) is 0.968. The number of thioether (sulfide) groups is 1. The number of hydrogen-bond donors (Lipinski definition) is 0. The van der Waals surface area contributed by atoms with Crippen LogP contribution in [0.25, 0.3) is 0 Å². The Morgan fingerprint density at radius 1 is 1.31 bits per heavy atom. The quantitative estimate of drug-likeness (QED) is 0.670. The molecule has 0 aromatic heterocycles. The third kappa shape index (κ3) is 2.24. The Hall–Kier alpha value is -1.45. The van der Waals surface area contributed by atoms with Crippen molar-refractivity contribution in [2.75, 3.05) is 5.75 Å². The summed E-state index contributed by atoms with van der Waals surface area (Å²) in [6.45, 7) is 2.03. The summed E-state index contributed by atoms with van der Waals surface area (Å²) < 4.78 is 0. The maximum atomic E-state index is 8.79. The number of benzene rings is 1. The van der Waals surface area contributed by atoms with Crippen LogP contribution >= 0.6 is 11.8 Å². The van der Waals surface area contributed by atoms with Crippen molar-refractivity contribution in [3.05, 3.63) is 29.3 Å². The van der Waals surface area contributed by atoms with Crippen molar-refractivity contribution in [2.24, 2.45) is 0 Å². The van der Waals surface area contributed by atoms with Crippen molar-refractivity contribution in [1.29, 1.82) is 10.5 Å². The van der Waals surface area contributed by atoms with Gasteiger partial charge in [-0.25, -0.2) is 0 Å². The molecule has 0 heterocycles. The van der Waals surface area contributed by atoms with Crippen LogP contribution in [0.1, 0.15) is 18.1 Å². The second-order valence-electron chi connectivity index (χ2n) is 2.37. The average Bonchev–Trinajstić information content (AvgIpc) is 2.19. The minimum absolute atomic E-state index is 0.539. The predicted octanol–water partition coefficient (Wildman–Crippen LogP) is 2.54. The Morgan fingerprint density at radius 2 is 2.08 bits per heavy atom. The third-order valence-electron chi connectivity index (χ3n) is 1.53. The first-order chi connectivity index (χ1) is 6.31. The summed E-state index contributed by atoms with van der Waals surface area (Å²) in [7, 11) is 0. The van der Waals surface area contributed by atoms with Crippen LogP contribution in [0, 0.1) is 22.7 Å². The van der Waals surface area contributed by atoms with Crippen LogP contribution in [0.4, 0.5) is 0 Å². The Bertz CT molecular complexity index is 385. The monoisotopic (exact) mass is 188 g/mol. The fourth-order valence-corrected chi connectivity index (χ4v) is 1.70. The lowest BCUT2D eigenvalue weighted by Gasteiger charge is -2.00. The maximum Gasteiger partial charge on any atom is 0.100 e. The summed E-state index contributed by atoms with van der Waals surface area (Å²) in [4.78, 5) is 0.948. The van der Waals surface area contributed by atoms with Gasteiger partial charge in [-0.05, 0) is 24.0 Å². The van der Waals surface area contributed by atoms with Crippen molar-refractivity contribution >= 4 is 11.8 Å². The second kappa shape index (κ2) is 4.54. The minimum Gasteiger partial charge on any atom is -0.192 e. The summed E-state index contributed by atoms with van der Waals surface area (Å²) in [6.07, 6.45) is 0. The topological polar surface area (TPSA) is 47.6 Å². The molecular formula is C10H8N2S. The molecule has 0 aliphatic carbocycles. The molecule has 0 saturated heterocycles. The van der Waals surface area contributed by atoms with Gasteiger partial charge in [0.25, 0.3) is 0 Å². The molecule has 0 atom stereocenters. The number of hydrogen-bond acceptors (Lipinski definition) is 3. The van der Waals surface area contributed by atoms with Crippen LogP contribution in [0.2, 0.25) is 0 Å². The Balaban J connectivity index is 3.12. The zero-order valence-corrected chi connectivity index (χ0v) is 8.06. The maximum absolute atomic E-state index is 8.79. The fraction of sp³-hybridized carbons (Fsp3) is 0.200. The first kappa shape index (κ1) is 9.64. The smallest absolute Gasteiger partial charge is 0.100 e. The molecule has 0 bridgehead atoms. The van der Waals surface area contributed by atoms with Gasteiger partial charge in [-0.15, -0.1) is 11.8 Å². The van der Waals surface area contributed by atoms with E-state index in [1.54, 1.807) is 23.9 Å². The molecule has 0 aliphatic rings. The first-order valence-corrected chi connectivity index (χ1v) is 4.87. The van der Waals surface area contributed by atoms with Gasteiger partial charge < -0.3 is 0 Å². The van der Waals surface area contributed by atoms with Crippen LogP contribution in [-0.2, 0) is 0 Å². The molecular weight excluding hydrogens is 180 g/mol. The van der Waals surface area contributed by atoms with Gasteiger partial charge in [-0.2, -0.15) is 10.5 Å². The summed E-state index contributed by atoms with van der Waals surface area (Å²) >= 11 is 1.61. The Labute approximate surface area is 81.8 Å². The highest BCUT2D eigenvalue weighted by Gasteiger charge is 2.02. The van der Waals surface area contributed by atoms with Crippen LogP contribution < -0.4 is 0 Å². The zero-order chi connectivity index (χ0) is 9.68. The number of nitriles is 2. The highest BCUT2D eigenvalue weighted by molar-refractivity contribution is 7.99. The predicted molar refractivity (Wildman–Crippen MR) is 52.3 cm³/mol. The van der Waals surface area contributed by atoms with Gasteiger partial charge in [0.15, 0.2) is 0 Å². The molecule has 13 heavy (non-hydrogen) atoms. The van der Waals surface area contributed by atoms with Gasteiger partial charge in [-0.3, -0.25) is 0 Å². The normalized spacial score (nSPS) is 8.85. The molecule has 64 valence electrons. The highest BCUT2D eigenvalue weighted by atomic mass is 32.2. The van der Waals surface area contributed by atoms with Gasteiger partial charge in [0.1, 0.15) is 6.07 Å². The van der Waals surface area contributed by atoms with Gasteiger partial charge in [-0.1, -0.05) is 6.92 Å². The van der Waals surface area contributed by atoms with Gasteiger partial charge in [0, 0.05) is 4.90 Å². The largest absolute Gasteiger partial charge is 0.192 e. The van der Waals surface area contributed by atoms with E-state index < -0.39 is 0 Å². The zero-order valence-electron chi connectivity index (χ0n) is 7.24. The molecule has 1 aromatic carbocycles. The Kier molecular flexibility index (Phi) is 3.37. The third-order valence-corrected chi connectivity index (χ3v) is 2.48. The van der Waals surface area contributed by atoms with E-state index in [1.165, 1.54) is 0 Å². The summed E-state index contributed by atoms with van der Waals surface area (Å²) in [6, 6.07) is 9.28. The molecule has 0 amide bonds. The van der Waals surface area contributed by atoms with Crippen LogP contribution in [0.5, 0.6) is 0 Å². The van der Waals surface area contributed by atoms with E-state index in [2.05, 4.69) is 6.07 Å². The molecule has 2 nitrogen and oxygen atoms in total. The Morgan fingerprint density at radius 3 is 2.62 bits per heavy atom. The summed E-state index contributed by atoms with van der Waals surface area (Å²) in [5, 5.41) is 17.4. The second-order valence-corrected chi connectivity index (χ2v) is 3.67.